The van der Waals surface area contributed by atoms with Gasteiger partial charge in [-0.2, -0.15) is 0 Å². The van der Waals surface area contributed by atoms with Gasteiger partial charge in [-0.3, -0.25) is 10.1 Å². The first-order valence-electron chi connectivity index (χ1n) is 8.80. The number of carbonyl (C=O) groups is 1. The molecule has 4 rings (SSSR count). The van der Waals surface area contributed by atoms with Crippen LogP contribution in [0.1, 0.15) is 38.1 Å². The molecular formula is C18H23N3O3. The number of fused-ring (bicyclic) bond motifs is 1. The summed E-state index contributed by atoms with van der Waals surface area (Å²) in [6, 6.07) is 8.46. The Labute approximate surface area is 141 Å². The molecule has 2 fully saturated rings. The van der Waals surface area contributed by atoms with Crippen molar-refractivity contribution >= 4 is 22.9 Å². The van der Waals surface area contributed by atoms with E-state index in [1.807, 2.05) is 18.2 Å². The predicted molar refractivity (Wildman–Crippen MR) is 91.0 cm³/mol. The minimum Gasteiger partial charge on any atom is -0.376 e. The van der Waals surface area contributed by atoms with Crippen molar-refractivity contribution in [1.82, 2.24) is 9.55 Å². The van der Waals surface area contributed by atoms with Gasteiger partial charge in [0.05, 0.1) is 30.9 Å². The van der Waals surface area contributed by atoms with Gasteiger partial charge < -0.3 is 14.0 Å². The number of nitrogens with one attached hydrogen (secondary N) is 1. The number of imidazole rings is 1. The topological polar surface area (TPSA) is 65.4 Å². The van der Waals surface area contributed by atoms with Crippen LogP contribution in [0.2, 0.25) is 0 Å². The predicted octanol–water partition coefficient (Wildman–Crippen LogP) is 2.90. The largest absolute Gasteiger partial charge is 0.376 e. The third-order valence-electron chi connectivity index (χ3n) is 4.88. The summed E-state index contributed by atoms with van der Waals surface area (Å²) in [4.78, 5) is 17.2. The highest BCUT2D eigenvalue weighted by molar-refractivity contribution is 5.94. The normalized spacial score (nSPS) is 22.6. The zero-order valence-electron chi connectivity index (χ0n) is 13.7. The third kappa shape index (κ3) is 3.03. The summed E-state index contributed by atoms with van der Waals surface area (Å²) in [7, 11) is 0. The lowest BCUT2D eigenvalue weighted by Gasteiger charge is -2.26. The third-order valence-corrected chi connectivity index (χ3v) is 4.88. The molecule has 1 aliphatic heterocycles. The lowest BCUT2D eigenvalue weighted by atomic mass is 9.95. The zero-order valence-corrected chi connectivity index (χ0v) is 13.7. The van der Waals surface area contributed by atoms with E-state index >= 15 is 0 Å². The van der Waals surface area contributed by atoms with Crippen molar-refractivity contribution in [2.45, 2.75) is 44.2 Å². The number of benzene rings is 1. The van der Waals surface area contributed by atoms with Crippen LogP contribution >= 0.6 is 0 Å². The number of carbonyl (C=O) groups excluding carboxylic acids is 1. The van der Waals surface area contributed by atoms with E-state index in [0.717, 1.165) is 23.9 Å². The molecule has 1 saturated heterocycles. The fourth-order valence-corrected chi connectivity index (χ4v) is 3.67. The second kappa shape index (κ2) is 6.91. The maximum Gasteiger partial charge on any atom is 0.258 e. The lowest BCUT2D eigenvalue weighted by Crippen LogP contribution is -2.39. The molecule has 1 aromatic heterocycles. The average molecular weight is 329 g/mol. The van der Waals surface area contributed by atoms with Crippen LogP contribution in [0.25, 0.3) is 11.0 Å². The number of anilines is 1. The summed E-state index contributed by atoms with van der Waals surface area (Å²) in [6.07, 6.45) is 5.45. The van der Waals surface area contributed by atoms with Crippen molar-refractivity contribution in [1.29, 1.82) is 0 Å². The van der Waals surface area contributed by atoms with Crippen molar-refractivity contribution < 1.29 is 14.3 Å². The van der Waals surface area contributed by atoms with Crippen molar-refractivity contribution in [3.63, 3.8) is 0 Å². The monoisotopic (exact) mass is 329 g/mol. The van der Waals surface area contributed by atoms with Crippen molar-refractivity contribution in [2.75, 3.05) is 25.1 Å². The number of nitrogens with zero attached hydrogens (tertiary/aromatic N) is 2. The Morgan fingerprint density at radius 3 is 2.79 bits per heavy atom. The Kier molecular flexibility index (Phi) is 4.49. The molecule has 6 heteroatoms. The molecular weight excluding hydrogens is 306 g/mol. The number of rotatable bonds is 3. The van der Waals surface area contributed by atoms with Crippen LogP contribution in [0.4, 0.5) is 5.95 Å². The number of para-hydroxylation sites is 2. The molecule has 2 heterocycles. The first kappa shape index (κ1) is 15.6. The number of hydrogen-bond donors (Lipinski definition) is 1. The number of aromatic nitrogens is 2. The second-order valence-corrected chi connectivity index (χ2v) is 6.51. The molecule has 1 unspecified atom stereocenters. The van der Waals surface area contributed by atoms with Gasteiger partial charge in [-0.05, 0) is 25.0 Å². The molecule has 0 radical (unpaired) electrons. The van der Waals surface area contributed by atoms with Crippen molar-refractivity contribution in [2.24, 2.45) is 0 Å². The van der Waals surface area contributed by atoms with E-state index in [-0.39, 0.29) is 5.91 Å². The summed E-state index contributed by atoms with van der Waals surface area (Å²) in [5.74, 6) is 0.448. The van der Waals surface area contributed by atoms with Gasteiger partial charge in [-0.15, -0.1) is 0 Å². The van der Waals surface area contributed by atoms with E-state index in [1.54, 1.807) is 0 Å². The van der Waals surface area contributed by atoms with E-state index in [2.05, 4.69) is 20.9 Å². The quantitative estimate of drug-likeness (QED) is 0.940. The molecule has 1 atom stereocenters. The fraction of sp³-hybridized carbons (Fsp3) is 0.556. The van der Waals surface area contributed by atoms with Crippen LogP contribution in [0, 0.1) is 0 Å². The first-order valence-corrected chi connectivity index (χ1v) is 8.80. The van der Waals surface area contributed by atoms with E-state index in [4.69, 9.17) is 9.47 Å². The highest BCUT2D eigenvalue weighted by Crippen LogP contribution is 2.34. The van der Waals surface area contributed by atoms with Gasteiger partial charge in [0.1, 0.15) is 0 Å². The second-order valence-electron chi connectivity index (χ2n) is 6.51. The van der Waals surface area contributed by atoms with E-state index in [9.17, 15) is 4.79 Å². The highest BCUT2D eigenvalue weighted by Gasteiger charge is 2.27. The zero-order chi connectivity index (χ0) is 16.4. The summed E-state index contributed by atoms with van der Waals surface area (Å²) >= 11 is 0. The lowest BCUT2D eigenvalue weighted by molar-refractivity contribution is -0.142. The number of hydrogen-bond acceptors (Lipinski definition) is 4. The molecule has 1 N–H and O–H groups in total. The van der Waals surface area contributed by atoms with Crippen LogP contribution in [0.5, 0.6) is 0 Å². The standard InChI is InChI=1S/C18H23N3O3/c22-17(16-12-23-10-11-24-16)20-18-19-14-8-4-5-9-15(14)21(18)13-6-2-1-3-7-13/h4-5,8-9,13,16H,1-3,6-7,10-12H2,(H,19,20,22). The molecule has 2 aliphatic rings. The Morgan fingerprint density at radius 2 is 2.00 bits per heavy atom. The molecule has 1 saturated carbocycles. The maximum atomic E-state index is 12.5. The highest BCUT2D eigenvalue weighted by atomic mass is 16.6. The summed E-state index contributed by atoms with van der Waals surface area (Å²) in [5, 5.41) is 2.97. The number of ether oxygens (including phenoxy) is 2. The molecule has 1 amide bonds. The van der Waals surface area contributed by atoms with Crippen LogP contribution < -0.4 is 5.32 Å². The van der Waals surface area contributed by atoms with E-state index in [1.165, 1.54) is 19.3 Å². The SMILES string of the molecule is O=C(Nc1nc2ccccc2n1C1CCCCC1)C1COCCO1. The van der Waals surface area contributed by atoms with Gasteiger partial charge in [0, 0.05) is 6.04 Å². The molecule has 128 valence electrons. The van der Waals surface area contributed by atoms with Crippen molar-refractivity contribution in [3.8, 4) is 0 Å². The van der Waals surface area contributed by atoms with Gasteiger partial charge >= 0.3 is 0 Å². The Bertz CT molecular complexity index is 715. The van der Waals surface area contributed by atoms with Crippen LogP contribution in [-0.4, -0.2) is 41.4 Å². The summed E-state index contributed by atoms with van der Waals surface area (Å²) in [6.45, 7) is 1.30. The first-order chi connectivity index (χ1) is 11.8. The number of amides is 1. The fourth-order valence-electron chi connectivity index (χ4n) is 3.67. The molecule has 6 nitrogen and oxygen atoms in total. The van der Waals surface area contributed by atoms with Gasteiger partial charge in [0.2, 0.25) is 5.95 Å². The van der Waals surface area contributed by atoms with Crippen LogP contribution in [0.15, 0.2) is 24.3 Å². The maximum absolute atomic E-state index is 12.5. The van der Waals surface area contributed by atoms with E-state index < -0.39 is 6.10 Å². The molecule has 0 spiro atoms. The minimum absolute atomic E-state index is 0.179. The van der Waals surface area contributed by atoms with Gasteiger partial charge in [-0.25, -0.2) is 4.98 Å². The summed E-state index contributed by atoms with van der Waals surface area (Å²) in [5.41, 5.74) is 2.00. The van der Waals surface area contributed by atoms with Crippen LogP contribution in [0.3, 0.4) is 0 Å². The van der Waals surface area contributed by atoms with Crippen molar-refractivity contribution in [3.05, 3.63) is 24.3 Å². The van der Waals surface area contributed by atoms with Gasteiger partial charge in [0.15, 0.2) is 6.10 Å². The molecule has 24 heavy (non-hydrogen) atoms. The molecule has 0 bridgehead atoms. The van der Waals surface area contributed by atoms with Gasteiger partial charge in [0.25, 0.3) is 5.91 Å². The molecule has 2 aromatic rings. The minimum atomic E-state index is -0.557. The Balaban J connectivity index is 1.64. The molecule has 1 aliphatic carbocycles. The Hall–Kier alpha value is -1.92. The van der Waals surface area contributed by atoms with E-state index in [0.29, 0.717) is 31.8 Å². The Morgan fingerprint density at radius 1 is 1.17 bits per heavy atom. The smallest absolute Gasteiger partial charge is 0.258 e. The summed E-state index contributed by atoms with van der Waals surface area (Å²) < 4.78 is 13.0. The molecule has 1 aromatic carbocycles. The average Bonchev–Trinajstić information content (AvgIpc) is 3.01. The van der Waals surface area contributed by atoms with Gasteiger partial charge in [-0.1, -0.05) is 31.4 Å². The van der Waals surface area contributed by atoms with Crippen LogP contribution in [-0.2, 0) is 14.3 Å².